The molecule has 6 nitrogen and oxygen atoms in total. The lowest BCUT2D eigenvalue weighted by Gasteiger charge is -2.06. The normalized spacial score (nSPS) is 10.3. The molecule has 2 amide bonds. The molecule has 110 valence electrons. The lowest BCUT2D eigenvalue weighted by Crippen LogP contribution is -2.16. The summed E-state index contributed by atoms with van der Waals surface area (Å²) in [5.41, 5.74) is 17.3. The highest BCUT2D eigenvalue weighted by Crippen LogP contribution is 2.35. The van der Waals surface area contributed by atoms with Crippen molar-refractivity contribution in [2.45, 2.75) is 6.54 Å². The third-order valence-electron chi connectivity index (χ3n) is 2.78. The van der Waals surface area contributed by atoms with E-state index in [2.05, 4.69) is 5.32 Å². The van der Waals surface area contributed by atoms with Crippen LogP contribution in [-0.4, -0.2) is 11.8 Å². The minimum atomic E-state index is -0.713. The average Bonchev–Trinajstić information content (AvgIpc) is 2.75. The summed E-state index contributed by atoms with van der Waals surface area (Å²) < 4.78 is 0. The number of carbonyl (C=O) groups is 2. The number of nitrogens with two attached hydrogens (primary N) is 3. The number of amides is 2. The molecule has 0 unspecified atom stereocenters. The van der Waals surface area contributed by atoms with Crippen LogP contribution >= 0.6 is 22.9 Å². The summed E-state index contributed by atoms with van der Waals surface area (Å²) in [6.45, 7) is 0.426. The van der Waals surface area contributed by atoms with E-state index in [1.807, 2.05) is 12.1 Å². The molecule has 2 aromatic rings. The number of hydrogen-bond acceptors (Lipinski definition) is 5. The lowest BCUT2D eigenvalue weighted by atomic mass is 10.2. The lowest BCUT2D eigenvalue weighted by molar-refractivity contribution is 0.0999. The standard InChI is InChI=1S/C13H13ClN4O2S/c14-7-3-1-6(2-4-7)5-18-13-8(11(16)19)9(15)10(21-13)12(17)20/h1-4,18H,5,15H2,(H2,16,19)(H2,17,20). The third kappa shape index (κ3) is 3.26. The summed E-state index contributed by atoms with van der Waals surface area (Å²) in [6.07, 6.45) is 0. The maximum absolute atomic E-state index is 11.5. The zero-order chi connectivity index (χ0) is 15.6. The fourth-order valence-corrected chi connectivity index (χ4v) is 2.88. The second-order valence-corrected chi connectivity index (χ2v) is 5.71. The zero-order valence-electron chi connectivity index (χ0n) is 10.9. The molecule has 0 aliphatic heterocycles. The van der Waals surface area contributed by atoms with Crippen molar-refractivity contribution in [2.75, 3.05) is 11.1 Å². The van der Waals surface area contributed by atoms with Crippen LogP contribution in [0.5, 0.6) is 0 Å². The highest BCUT2D eigenvalue weighted by molar-refractivity contribution is 7.19. The van der Waals surface area contributed by atoms with Crippen molar-refractivity contribution in [3.8, 4) is 0 Å². The maximum Gasteiger partial charge on any atom is 0.260 e. The Morgan fingerprint density at radius 3 is 2.29 bits per heavy atom. The first-order valence-electron chi connectivity index (χ1n) is 5.90. The van der Waals surface area contributed by atoms with Crippen LogP contribution in [0.1, 0.15) is 25.6 Å². The fraction of sp³-hybridized carbons (Fsp3) is 0.0769. The van der Waals surface area contributed by atoms with Crippen LogP contribution in [0, 0.1) is 0 Å². The summed E-state index contributed by atoms with van der Waals surface area (Å²) >= 11 is 6.81. The first-order valence-corrected chi connectivity index (χ1v) is 7.09. The molecule has 0 spiro atoms. The number of benzene rings is 1. The number of primary amides is 2. The molecule has 0 radical (unpaired) electrons. The van der Waals surface area contributed by atoms with Crippen LogP contribution in [0.4, 0.5) is 10.7 Å². The molecule has 1 heterocycles. The first kappa shape index (κ1) is 15.1. The van der Waals surface area contributed by atoms with Crippen molar-refractivity contribution >= 4 is 45.4 Å². The van der Waals surface area contributed by atoms with E-state index in [1.165, 1.54) is 0 Å². The number of nitrogen functional groups attached to an aromatic ring is 1. The molecule has 0 bridgehead atoms. The second-order valence-electron chi connectivity index (χ2n) is 4.26. The molecule has 8 heteroatoms. The largest absolute Gasteiger partial charge is 0.397 e. The summed E-state index contributed by atoms with van der Waals surface area (Å²) in [4.78, 5) is 22.9. The van der Waals surface area contributed by atoms with E-state index in [0.29, 0.717) is 16.6 Å². The molecule has 0 aliphatic rings. The molecule has 0 aliphatic carbocycles. The Hall–Kier alpha value is -2.25. The van der Waals surface area contributed by atoms with Crippen LogP contribution in [0.15, 0.2) is 24.3 Å². The van der Waals surface area contributed by atoms with Gasteiger partial charge in [0.1, 0.15) is 9.88 Å². The van der Waals surface area contributed by atoms with Crippen molar-refractivity contribution < 1.29 is 9.59 Å². The van der Waals surface area contributed by atoms with E-state index in [-0.39, 0.29) is 16.1 Å². The first-order chi connectivity index (χ1) is 9.90. The number of thiophene rings is 1. The molecule has 0 fully saturated rings. The van der Waals surface area contributed by atoms with Crippen LogP contribution in [0.3, 0.4) is 0 Å². The van der Waals surface area contributed by atoms with Gasteiger partial charge in [0.05, 0.1) is 11.3 Å². The number of rotatable bonds is 5. The van der Waals surface area contributed by atoms with Crippen molar-refractivity contribution in [3.05, 3.63) is 45.3 Å². The predicted molar refractivity (Wildman–Crippen MR) is 84.5 cm³/mol. The Labute approximate surface area is 129 Å². The van der Waals surface area contributed by atoms with Gasteiger partial charge in [-0.1, -0.05) is 23.7 Å². The van der Waals surface area contributed by atoms with Crippen molar-refractivity contribution in [1.29, 1.82) is 0 Å². The number of anilines is 2. The van der Waals surface area contributed by atoms with Gasteiger partial charge in [-0.2, -0.15) is 0 Å². The maximum atomic E-state index is 11.5. The Kier molecular flexibility index (Phi) is 4.35. The van der Waals surface area contributed by atoms with Crippen LogP contribution in [0.2, 0.25) is 5.02 Å². The van der Waals surface area contributed by atoms with Crippen LogP contribution in [-0.2, 0) is 6.54 Å². The third-order valence-corrected chi connectivity index (χ3v) is 4.21. The van der Waals surface area contributed by atoms with Gasteiger partial charge >= 0.3 is 0 Å². The summed E-state index contributed by atoms with van der Waals surface area (Å²) in [6, 6.07) is 7.19. The van der Waals surface area contributed by atoms with Gasteiger partial charge < -0.3 is 22.5 Å². The van der Waals surface area contributed by atoms with Gasteiger partial charge in [-0.25, -0.2) is 0 Å². The smallest absolute Gasteiger partial charge is 0.260 e. The Balaban J connectivity index is 2.27. The van der Waals surface area contributed by atoms with Crippen LogP contribution < -0.4 is 22.5 Å². The second kappa shape index (κ2) is 6.02. The van der Waals surface area contributed by atoms with E-state index < -0.39 is 11.8 Å². The molecular formula is C13H13ClN4O2S. The van der Waals surface area contributed by atoms with Gasteiger partial charge in [0, 0.05) is 11.6 Å². The minimum absolute atomic E-state index is 0.0126. The van der Waals surface area contributed by atoms with E-state index in [4.69, 9.17) is 28.8 Å². The zero-order valence-corrected chi connectivity index (χ0v) is 12.4. The SMILES string of the molecule is NC(=O)c1sc(NCc2ccc(Cl)cc2)c(C(N)=O)c1N. The molecule has 2 rings (SSSR count). The van der Waals surface area contributed by atoms with Gasteiger partial charge in [0.2, 0.25) is 0 Å². The summed E-state index contributed by atoms with van der Waals surface area (Å²) in [5.74, 6) is -1.41. The molecule has 1 aromatic heterocycles. The van der Waals surface area contributed by atoms with Crippen LogP contribution in [0.25, 0.3) is 0 Å². The molecule has 7 N–H and O–H groups in total. The number of halogens is 1. The highest BCUT2D eigenvalue weighted by atomic mass is 35.5. The fourth-order valence-electron chi connectivity index (χ4n) is 1.78. The topological polar surface area (TPSA) is 124 Å². The van der Waals surface area contributed by atoms with Gasteiger partial charge in [0.15, 0.2) is 0 Å². The van der Waals surface area contributed by atoms with Crippen molar-refractivity contribution in [2.24, 2.45) is 11.5 Å². The Morgan fingerprint density at radius 1 is 1.14 bits per heavy atom. The summed E-state index contributed by atoms with van der Waals surface area (Å²) in [7, 11) is 0. The van der Waals surface area contributed by atoms with Gasteiger partial charge in [0.25, 0.3) is 11.8 Å². The number of hydrogen-bond donors (Lipinski definition) is 4. The van der Waals surface area contributed by atoms with Crippen molar-refractivity contribution in [1.82, 2.24) is 0 Å². The van der Waals surface area contributed by atoms with Gasteiger partial charge in [-0.15, -0.1) is 11.3 Å². The van der Waals surface area contributed by atoms with E-state index in [1.54, 1.807) is 12.1 Å². The average molecular weight is 325 g/mol. The number of carbonyl (C=O) groups excluding carboxylic acids is 2. The quantitative estimate of drug-likeness (QED) is 0.669. The predicted octanol–water partition coefficient (Wildman–Crippen LogP) is 1.79. The Bertz CT molecular complexity index is 697. The molecule has 0 saturated heterocycles. The minimum Gasteiger partial charge on any atom is -0.397 e. The Morgan fingerprint density at radius 2 is 1.76 bits per heavy atom. The molecular weight excluding hydrogens is 312 g/mol. The highest BCUT2D eigenvalue weighted by Gasteiger charge is 2.22. The molecule has 21 heavy (non-hydrogen) atoms. The monoisotopic (exact) mass is 324 g/mol. The van der Waals surface area contributed by atoms with E-state index >= 15 is 0 Å². The van der Waals surface area contributed by atoms with E-state index in [9.17, 15) is 9.59 Å². The molecule has 0 saturated carbocycles. The summed E-state index contributed by atoms with van der Waals surface area (Å²) in [5, 5.41) is 4.09. The number of nitrogens with one attached hydrogen (secondary N) is 1. The van der Waals surface area contributed by atoms with Gasteiger partial charge in [-0.3, -0.25) is 9.59 Å². The van der Waals surface area contributed by atoms with E-state index in [0.717, 1.165) is 16.9 Å². The van der Waals surface area contributed by atoms with Crippen molar-refractivity contribution in [3.63, 3.8) is 0 Å². The molecule has 0 atom stereocenters. The van der Waals surface area contributed by atoms with Gasteiger partial charge in [-0.05, 0) is 17.7 Å². The molecule has 1 aromatic carbocycles.